The highest BCUT2D eigenvalue weighted by atomic mass is 79.9. The van der Waals surface area contributed by atoms with Crippen LogP contribution in [-0.4, -0.2) is 23.2 Å². The van der Waals surface area contributed by atoms with Gasteiger partial charge in [-0.1, -0.05) is 15.9 Å². The first-order valence-corrected chi connectivity index (χ1v) is 5.88. The third-order valence-electron chi connectivity index (χ3n) is 2.12. The Morgan fingerprint density at radius 1 is 1.32 bits per heavy atom. The number of nitrogens with one attached hydrogen (secondary N) is 1. The number of aromatic carboxylic acids is 1. The molecule has 0 spiro atoms. The molecule has 0 radical (unpaired) electrons. The third kappa shape index (κ3) is 5.29. The molecule has 4 nitrogen and oxygen atoms in total. The summed E-state index contributed by atoms with van der Waals surface area (Å²) >= 11 is 3.06. The van der Waals surface area contributed by atoms with Crippen molar-refractivity contribution in [2.45, 2.75) is 19.0 Å². The molecule has 0 aliphatic carbocycles. The van der Waals surface area contributed by atoms with Crippen molar-refractivity contribution >= 4 is 33.5 Å². The number of hydrogen-bond donors (Lipinski definition) is 2. The first-order chi connectivity index (χ1) is 8.69. The molecule has 0 atom stereocenters. The minimum Gasteiger partial charge on any atom is -0.478 e. The van der Waals surface area contributed by atoms with E-state index in [4.69, 9.17) is 5.11 Å². The number of rotatable bonds is 4. The van der Waals surface area contributed by atoms with Crippen LogP contribution in [0.3, 0.4) is 0 Å². The smallest absolute Gasteiger partial charge is 0.389 e. The Morgan fingerprint density at radius 2 is 1.95 bits per heavy atom. The fourth-order valence-corrected chi connectivity index (χ4v) is 1.63. The second kappa shape index (κ2) is 6.05. The van der Waals surface area contributed by atoms with Crippen LogP contribution in [0.15, 0.2) is 22.7 Å². The average Bonchev–Trinajstić information content (AvgIpc) is 2.28. The molecule has 1 aromatic carbocycles. The lowest BCUT2D eigenvalue weighted by atomic mass is 10.1. The van der Waals surface area contributed by atoms with Gasteiger partial charge in [0, 0.05) is 10.9 Å². The maximum absolute atomic E-state index is 11.9. The number of carboxylic acids is 1. The minimum absolute atomic E-state index is 0.0390. The maximum atomic E-state index is 11.9. The van der Waals surface area contributed by atoms with E-state index in [9.17, 15) is 22.8 Å². The van der Waals surface area contributed by atoms with Crippen molar-refractivity contribution in [3.05, 3.63) is 28.2 Å². The summed E-state index contributed by atoms with van der Waals surface area (Å²) in [7, 11) is 0. The van der Waals surface area contributed by atoms with E-state index in [1.807, 2.05) is 0 Å². The Kier molecular flexibility index (Phi) is 4.93. The summed E-state index contributed by atoms with van der Waals surface area (Å²) in [5.74, 6) is -2.17. The lowest BCUT2D eigenvalue weighted by Gasteiger charge is -2.10. The standard InChI is InChI=1S/C11H9BrF3NO3/c12-6-1-2-8(7(5-6)10(18)19)16-9(17)3-4-11(13,14)15/h1-2,5H,3-4H2,(H,16,17)(H,18,19). The molecule has 0 aliphatic rings. The van der Waals surface area contributed by atoms with Crippen molar-refractivity contribution in [3.63, 3.8) is 0 Å². The summed E-state index contributed by atoms with van der Waals surface area (Å²) in [5.41, 5.74) is -0.238. The van der Waals surface area contributed by atoms with Crippen LogP contribution in [-0.2, 0) is 4.79 Å². The SMILES string of the molecule is O=C(CCC(F)(F)F)Nc1ccc(Br)cc1C(=O)O. The molecule has 0 heterocycles. The summed E-state index contributed by atoms with van der Waals surface area (Å²) in [6.45, 7) is 0. The molecule has 0 bridgehead atoms. The molecular formula is C11H9BrF3NO3. The minimum atomic E-state index is -4.42. The highest BCUT2D eigenvalue weighted by molar-refractivity contribution is 9.10. The molecule has 8 heteroatoms. The van der Waals surface area contributed by atoms with Gasteiger partial charge in [-0.25, -0.2) is 4.79 Å². The highest BCUT2D eigenvalue weighted by Crippen LogP contribution is 2.24. The van der Waals surface area contributed by atoms with Gasteiger partial charge < -0.3 is 10.4 Å². The highest BCUT2D eigenvalue weighted by Gasteiger charge is 2.28. The van der Waals surface area contributed by atoms with Crippen LogP contribution in [0.1, 0.15) is 23.2 Å². The molecular weight excluding hydrogens is 331 g/mol. The monoisotopic (exact) mass is 339 g/mol. The first-order valence-electron chi connectivity index (χ1n) is 5.08. The van der Waals surface area contributed by atoms with Crippen molar-refractivity contribution in [2.75, 3.05) is 5.32 Å². The van der Waals surface area contributed by atoms with E-state index in [2.05, 4.69) is 21.2 Å². The Hall–Kier alpha value is -1.57. The van der Waals surface area contributed by atoms with Crippen molar-refractivity contribution in [1.29, 1.82) is 0 Å². The van der Waals surface area contributed by atoms with Crippen molar-refractivity contribution < 1.29 is 27.9 Å². The zero-order valence-electron chi connectivity index (χ0n) is 9.42. The molecule has 0 saturated carbocycles. The predicted molar refractivity (Wildman–Crippen MR) is 65.0 cm³/mol. The van der Waals surface area contributed by atoms with Gasteiger partial charge in [-0.2, -0.15) is 13.2 Å². The number of carbonyl (C=O) groups excluding carboxylic acids is 1. The molecule has 1 aromatic rings. The topological polar surface area (TPSA) is 66.4 Å². The lowest BCUT2D eigenvalue weighted by molar-refractivity contribution is -0.142. The summed E-state index contributed by atoms with van der Waals surface area (Å²) in [6.07, 6.45) is -6.43. The van der Waals surface area contributed by atoms with Crippen molar-refractivity contribution in [2.24, 2.45) is 0 Å². The van der Waals surface area contributed by atoms with Gasteiger partial charge >= 0.3 is 12.1 Å². The van der Waals surface area contributed by atoms with E-state index in [1.165, 1.54) is 18.2 Å². The molecule has 0 aromatic heterocycles. The van der Waals surface area contributed by atoms with Gasteiger partial charge in [0.15, 0.2) is 0 Å². The third-order valence-corrected chi connectivity index (χ3v) is 2.61. The molecule has 0 aliphatic heterocycles. The van der Waals surface area contributed by atoms with Crippen molar-refractivity contribution in [3.8, 4) is 0 Å². The van der Waals surface area contributed by atoms with Crippen LogP contribution in [0.2, 0.25) is 0 Å². The molecule has 1 amide bonds. The maximum Gasteiger partial charge on any atom is 0.389 e. The van der Waals surface area contributed by atoms with Crippen LogP contribution >= 0.6 is 15.9 Å². The number of carbonyl (C=O) groups is 2. The molecule has 104 valence electrons. The van der Waals surface area contributed by atoms with Gasteiger partial charge in [-0.05, 0) is 18.2 Å². The Morgan fingerprint density at radius 3 is 2.47 bits per heavy atom. The largest absolute Gasteiger partial charge is 0.478 e. The normalized spacial score (nSPS) is 11.2. The number of halogens is 4. The van der Waals surface area contributed by atoms with Crippen LogP contribution in [0.4, 0.5) is 18.9 Å². The van der Waals surface area contributed by atoms with Crippen LogP contribution in [0.25, 0.3) is 0 Å². The van der Waals surface area contributed by atoms with Gasteiger partial charge in [-0.15, -0.1) is 0 Å². The quantitative estimate of drug-likeness (QED) is 0.883. The Bertz CT molecular complexity index is 502. The molecule has 1 rings (SSSR count). The van der Waals surface area contributed by atoms with Gasteiger partial charge in [0.25, 0.3) is 0 Å². The van der Waals surface area contributed by atoms with Gasteiger partial charge in [0.05, 0.1) is 17.7 Å². The Labute approximate surface area is 114 Å². The van der Waals surface area contributed by atoms with Crippen LogP contribution < -0.4 is 5.32 Å². The second-order valence-electron chi connectivity index (χ2n) is 3.66. The van der Waals surface area contributed by atoms with E-state index in [1.54, 1.807) is 0 Å². The van der Waals surface area contributed by atoms with Gasteiger partial charge in [0.1, 0.15) is 0 Å². The van der Waals surface area contributed by atoms with E-state index >= 15 is 0 Å². The first kappa shape index (κ1) is 15.5. The van der Waals surface area contributed by atoms with E-state index in [0.29, 0.717) is 4.47 Å². The van der Waals surface area contributed by atoms with Crippen LogP contribution in [0, 0.1) is 0 Å². The summed E-state index contributed by atoms with van der Waals surface area (Å²) < 4.78 is 36.3. The van der Waals surface area contributed by atoms with E-state index in [0.717, 1.165) is 0 Å². The Balaban J connectivity index is 2.77. The summed E-state index contributed by atoms with van der Waals surface area (Å²) in [4.78, 5) is 22.2. The number of alkyl halides is 3. The number of hydrogen-bond acceptors (Lipinski definition) is 2. The predicted octanol–water partition coefficient (Wildman–Crippen LogP) is 3.43. The van der Waals surface area contributed by atoms with Crippen molar-refractivity contribution in [1.82, 2.24) is 0 Å². The van der Waals surface area contributed by atoms with Gasteiger partial charge in [-0.3, -0.25) is 4.79 Å². The zero-order valence-corrected chi connectivity index (χ0v) is 11.0. The number of anilines is 1. The van der Waals surface area contributed by atoms with E-state index < -0.39 is 30.9 Å². The molecule has 0 saturated heterocycles. The molecule has 2 N–H and O–H groups in total. The lowest BCUT2D eigenvalue weighted by Crippen LogP contribution is -2.18. The molecule has 0 fully saturated rings. The molecule has 19 heavy (non-hydrogen) atoms. The fourth-order valence-electron chi connectivity index (χ4n) is 1.27. The number of carboxylic acid groups (broad SMARTS) is 1. The summed E-state index contributed by atoms with van der Waals surface area (Å²) in [5, 5.41) is 11.1. The summed E-state index contributed by atoms with van der Waals surface area (Å²) in [6, 6.07) is 4.03. The number of benzene rings is 1. The fraction of sp³-hybridized carbons (Fsp3) is 0.273. The second-order valence-corrected chi connectivity index (χ2v) is 4.57. The number of amides is 1. The molecule has 0 unspecified atom stereocenters. The van der Waals surface area contributed by atoms with Crippen LogP contribution in [0.5, 0.6) is 0 Å². The zero-order chi connectivity index (χ0) is 14.6. The van der Waals surface area contributed by atoms with Gasteiger partial charge in [0.2, 0.25) is 5.91 Å². The average molecular weight is 340 g/mol. The van der Waals surface area contributed by atoms with E-state index in [-0.39, 0.29) is 11.3 Å².